The molecule has 0 bridgehead atoms. The lowest BCUT2D eigenvalue weighted by Gasteiger charge is -2.35. The molecule has 0 radical (unpaired) electrons. The summed E-state index contributed by atoms with van der Waals surface area (Å²) < 4.78 is 5.54. The molecule has 7 nitrogen and oxygen atoms in total. The Morgan fingerprint density at radius 2 is 1.81 bits per heavy atom. The minimum Gasteiger partial charge on any atom is -0.375 e. The molecule has 1 atom stereocenters. The summed E-state index contributed by atoms with van der Waals surface area (Å²) in [6.45, 7) is 3.65. The Bertz CT molecular complexity index is 722. The van der Waals surface area contributed by atoms with Gasteiger partial charge in [0.25, 0.3) is 0 Å². The highest BCUT2D eigenvalue weighted by molar-refractivity contribution is 14.0. The summed E-state index contributed by atoms with van der Waals surface area (Å²) in [5.74, 6) is 1.29. The van der Waals surface area contributed by atoms with Crippen LogP contribution in [0.4, 0.5) is 5.95 Å². The van der Waals surface area contributed by atoms with E-state index in [1.54, 1.807) is 19.5 Å². The normalized spacial score (nSPS) is 16.0. The zero-order valence-electron chi connectivity index (χ0n) is 15.2. The van der Waals surface area contributed by atoms with Crippen LogP contribution in [0.1, 0.15) is 11.7 Å². The van der Waals surface area contributed by atoms with Crippen LogP contribution >= 0.6 is 35.6 Å². The summed E-state index contributed by atoms with van der Waals surface area (Å²) in [6.07, 6.45) is 3.36. The smallest absolute Gasteiger partial charge is 0.225 e. The minimum absolute atomic E-state index is 0. The van der Waals surface area contributed by atoms with E-state index in [0.29, 0.717) is 17.5 Å². The molecule has 1 unspecified atom stereocenters. The van der Waals surface area contributed by atoms with E-state index in [1.165, 1.54) is 0 Å². The van der Waals surface area contributed by atoms with E-state index in [9.17, 15) is 0 Å². The van der Waals surface area contributed by atoms with E-state index in [4.69, 9.17) is 22.1 Å². The number of benzene rings is 1. The summed E-state index contributed by atoms with van der Waals surface area (Å²) >= 11 is 5.94. The SMILES string of the molecule is COC(CN=C(N)N1CCN(c2ncccn2)CC1)c1ccc(Cl)cc1.I. The fraction of sp³-hybridized carbons (Fsp3) is 0.389. The van der Waals surface area contributed by atoms with Crippen molar-refractivity contribution in [3.05, 3.63) is 53.3 Å². The van der Waals surface area contributed by atoms with Gasteiger partial charge in [-0.1, -0.05) is 23.7 Å². The number of nitrogens with two attached hydrogens (primary N) is 1. The first-order chi connectivity index (χ1) is 12.7. The van der Waals surface area contributed by atoms with Crippen LogP contribution in [0, 0.1) is 0 Å². The van der Waals surface area contributed by atoms with E-state index in [2.05, 4.69) is 24.8 Å². The maximum absolute atomic E-state index is 6.19. The molecule has 0 saturated carbocycles. The number of nitrogens with zero attached hydrogens (tertiary/aromatic N) is 5. The van der Waals surface area contributed by atoms with Crippen molar-refractivity contribution in [1.29, 1.82) is 0 Å². The summed E-state index contributed by atoms with van der Waals surface area (Å²) in [5, 5.41) is 0.701. The lowest BCUT2D eigenvalue weighted by Crippen LogP contribution is -2.51. The number of guanidine groups is 1. The summed E-state index contributed by atoms with van der Waals surface area (Å²) in [4.78, 5) is 17.3. The van der Waals surface area contributed by atoms with Crippen molar-refractivity contribution < 1.29 is 4.74 Å². The summed E-state index contributed by atoms with van der Waals surface area (Å²) in [5.41, 5.74) is 7.21. The first kappa shape index (κ1) is 21.6. The molecule has 1 aromatic carbocycles. The van der Waals surface area contributed by atoms with Crippen LogP contribution in [0.25, 0.3) is 0 Å². The molecule has 1 saturated heterocycles. The zero-order chi connectivity index (χ0) is 18.4. The molecule has 0 spiro atoms. The number of anilines is 1. The average Bonchev–Trinajstić information content (AvgIpc) is 2.70. The molecule has 27 heavy (non-hydrogen) atoms. The van der Waals surface area contributed by atoms with Crippen LogP contribution in [-0.2, 0) is 4.74 Å². The molecule has 0 aliphatic carbocycles. The molecule has 1 aliphatic heterocycles. The standard InChI is InChI=1S/C18H23ClN6O.HI/c1-26-16(14-3-5-15(19)6-4-14)13-23-17(20)24-9-11-25(12-10-24)18-21-7-2-8-22-18;/h2-8,16H,9-13H2,1H3,(H2,20,23);1H. The predicted octanol–water partition coefficient (Wildman–Crippen LogP) is 2.57. The van der Waals surface area contributed by atoms with E-state index in [1.807, 2.05) is 30.3 Å². The van der Waals surface area contributed by atoms with E-state index in [0.717, 1.165) is 37.7 Å². The number of methoxy groups -OCH3 is 1. The van der Waals surface area contributed by atoms with Gasteiger partial charge >= 0.3 is 0 Å². The number of hydrogen-bond acceptors (Lipinski definition) is 5. The fourth-order valence-electron chi connectivity index (χ4n) is 2.86. The molecule has 2 aromatic rings. The Balaban J connectivity index is 0.00000261. The van der Waals surface area contributed by atoms with Gasteiger partial charge in [0.1, 0.15) is 6.10 Å². The maximum Gasteiger partial charge on any atom is 0.225 e. The van der Waals surface area contributed by atoms with Crippen molar-refractivity contribution in [1.82, 2.24) is 14.9 Å². The molecule has 1 fully saturated rings. The predicted molar refractivity (Wildman–Crippen MR) is 119 cm³/mol. The molecule has 2 heterocycles. The van der Waals surface area contributed by atoms with Gasteiger partial charge in [-0.2, -0.15) is 0 Å². The zero-order valence-corrected chi connectivity index (χ0v) is 18.2. The van der Waals surface area contributed by atoms with Crippen LogP contribution in [0.3, 0.4) is 0 Å². The third kappa shape index (κ3) is 5.91. The van der Waals surface area contributed by atoms with Gasteiger partial charge in [0.15, 0.2) is 5.96 Å². The Labute approximate surface area is 181 Å². The van der Waals surface area contributed by atoms with Gasteiger partial charge in [-0.05, 0) is 23.8 Å². The first-order valence-corrected chi connectivity index (χ1v) is 8.90. The van der Waals surface area contributed by atoms with Crippen molar-refractivity contribution in [3.8, 4) is 0 Å². The molecule has 1 aromatic heterocycles. The molecule has 1 aliphatic rings. The number of piperazine rings is 1. The van der Waals surface area contributed by atoms with E-state index >= 15 is 0 Å². The third-order valence-electron chi connectivity index (χ3n) is 4.38. The second kappa shape index (κ2) is 10.6. The van der Waals surface area contributed by atoms with Crippen LogP contribution in [-0.4, -0.2) is 60.7 Å². The van der Waals surface area contributed by atoms with Crippen LogP contribution in [0.5, 0.6) is 0 Å². The van der Waals surface area contributed by atoms with Gasteiger partial charge in [0.05, 0.1) is 6.54 Å². The van der Waals surface area contributed by atoms with Crippen molar-refractivity contribution in [3.63, 3.8) is 0 Å². The van der Waals surface area contributed by atoms with Crippen LogP contribution in [0.2, 0.25) is 5.02 Å². The lowest BCUT2D eigenvalue weighted by atomic mass is 10.1. The van der Waals surface area contributed by atoms with Gasteiger partial charge in [0.2, 0.25) is 5.95 Å². The number of aromatic nitrogens is 2. The highest BCUT2D eigenvalue weighted by Crippen LogP contribution is 2.19. The Kier molecular flexibility index (Phi) is 8.52. The Morgan fingerprint density at radius 3 is 2.41 bits per heavy atom. The topological polar surface area (TPSA) is 79.9 Å². The second-order valence-electron chi connectivity index (χ2n) is 6.00. The largest absolute Gasteiger partial charge is 0.375 e. The van der Waals surface area contributed by atoms with E-state index < -0.39 is 0 Å². The number of aliphatic imine (C=N–C) groups is 1. The molecule has 3 rings (SSSR count). The Hall–Kier alpha value is -1.65. The van der Waals surface area contributed by atoms with Crippen LogP contribution < -0.4 is 10.6 Å². The molecule has 146 valence electrons. The number of halogens is 2. The molecule has 9 heteroatoms. The summed E-state index contributed by atoms with van der Waals surface area (Å²) in [6, 6.07) is 9.40. The van der Waals surface area contributed by atoms with Gasteiger partial charge in [-0.25, -0.2) is 9.97 Å². The van der Waals surface area contributed by atoms with Crippen LogP contribution in [0.15, 0.2) is 47.7 Å². The lowest BCUT2D eigenvalue weighted by molar-refractivity contribution is 0.110. The maximum atomic E-state index is 6.19. The second-order valence-corrected chi connectivity index (χ2v) is 6.43. The molecular weight excluding hydrogens is 479 g/mol. The monoisotopic (exact) mass is 502 g/mol. The van der Waals surface area contributed by atoms with Crippen molar-refractivity contribution in [2.24, 2.45) is 10.7 Å². The fourth-order valence-corrected chi connectivity index (χ4v) is 2.99. The molecule has 0 amide bonds. The molecule has 2 N–H and O–H groups in total. The van der Waals surface area contributed by atoms with Gasteiger partial charge in [0, 0.05) is 50.7 Å². The number of rotatable bonds is 5. The third-order valence-corrected chi connectivity index (χ3v) is 4.64. The first-order valence-electron chi connectivity index (χ1n) is 8.52. The highest BCUT2D eigenvalue weighted by Gasteiger charge is 2.20. The Morgan fingerprint density at radius 1 is 1.19 bits per heavy atom. The van der Waals surface area contributed by atoms with Crippen molar-refractivity contribution >= 4 is 47.5 Å². The van der Waals surface area contributed by atoms with Gasteiger partial charge in [-0.3, -0.25) is 4.99 Å². The minimum atomic E-state index is -0.148. The quantitative estimate of drug-likeness (QED) is 0.385. The summed E-state index contributed by atoms with van der Waals surface area (Å²) in [7, 11) is 1.67. The average molecular weight is 503 g/mol. The molecular formula is C18H24ClIN6O. The van der Waals surface area contributed by atoms with Crippen molar-refractivity contribution in [2.75, 3.05) is 44.7 Å². The van der Waals surface area contributed by atoms with E-state index in [-0.39, 0.29) is 30.1 Å². The highest BCUT2D eigenvalue weighted by atomic mass is 127. The van der Waals surface area contributed by atoms with Gasteiger partial charge in [-0.15, -0.1) is 24.0 Å². The number of ether oxygens (including phenoxy) is 1. The van der Waals surface area contributed by atoms with Crippen molar-refractivity contribution in [2.45, 2.75) is 6.10 Å². The number of hydrogen-bond donors (Lipinski definition) is 1. The van der Waals surface area contributed by atoms with Gasteiger partial charge < -0.3 is 20.3 Å².